The third-order valence-corrected chi connectivity index (χ3v) is 2.59. The van der Waals surface area contributed by atoms with Crippen LogP contribution >= 0.6 is 0 Å². The zero-order valence-corrected chi connectivity index (χ0v) is 9.67. The van der Waals surface area contributed by atoms with E-state index < -0.39 is 0 Å². The van der Waals surface area contributed by atoms with E-state index in [9.17, 15) is 0 Å². The second kappa shape index (κ2) is 6.07. The van der Waals surface area contributed by atoms with Crippen molar-refractivity contribution < 1.29 is 5.21 Å². The molecule has 1 rings (SSSR count). The van der Waals surface area contributed by atoms with E-state index in [2.05, 4.69) is 15.0 Å². The molecule has 0 spiro atoms. The van der Waals surface area contributed by atoms with Crippen molar-refractivity contribution in [2.75, 3.05) is 6.54 Å². The van der Waals surface area contributed by atoms with E-state index in [1.165, 1.54) is 0 Å². The van der Waals surface area contributed by atoms with E-state index in [4.69, 9.17) is 10.9 Å². The normalized spacial score (nSPS) is 14.1. The van der Waals surface area contributed by atoms with Gasteiger partial charge in [0.15, 0.2) is 5.84 Å². The predicted octanol–water partition coefficient (Wildman–Crippen LogP) is 1.04. The van der Waals surface area contributed by atoms with Crippen LogP contribution in [0.3, 0.4) is 0 Å². The summed E-state index contributed by atoms with van der Waals surface area (Å²) in [6, 6.07) is 5.69. The molecule has 0 saturated heterocycles. The predicted molar refractivity (Wildman–Crippen MR) is 63.2 cm³/mol. The SMILES string of the molecule is CCN(Cc1ccccn1)C(C)C(N)=NO. The van der Waals surface area contributed by atoms with Gasteiger partial charge in [0.05, 0.1) is 11.7 Å². The first kappa shape index (κ1) is 12.4. The van der Waals surface area contributed by atoms with Gasteiger partial charge in [-0.2, -0.15) is 0 Å². The molecule has 1 aromatic heterocycles. The van der Waals surface area contributed by atoms with E-state index >= 15 is 0 Å². The van der Waals surface area contributed by atoms with E-state index in [1.54, 1.807) is 6.20 Å². The number of hydrogen-bond acceptors (Lipinski definition) is 4. The molecule has 5 heteroatoms. The Hall–Kier alpha value is -1.62. The van der Waals surface area contributed by atoms with E-state index in [1.807, 2.05) is 32.0 Å². The van der Waals surface area contributed by atoms with Gasteiger partial charge in [-0.05, 0) is 25.6 Å². The van der Waals surface area contributed by atoms with Crippen LogP contribution in [0.1, 0.15) is 19.5 Å². The van der Waals surface area contributed by atoms with Crippen molar-refractivity contribution in [2.24, 2.45) is 10.9 Å². The highest BCUT2D eigenvalue weighted by Crippen LogP contribution is 2.05. The highest BCUT2D eigenvalue weighted by molar-refractivity contribution is 5.84. The zero-order chi connectivity index (χ0) is 12.0. The Balaban J connectivity index is 2.69. The van der Waals surface area contributed by atoms with Crippen molar-refractivity contribution in [3.63, 3.8) is 0 Å². The minimum absolute atomic E-state index is 0.1000. The minimum atomic E-state index is -0.1000. The first-order valence-electron chi connectivity index (χ1n) is 5.30. The van der Waals surface area contributed by atoms with Crippen LogP contribution < -0.4 is 5.73 Å². The molecule has 0 bridgehead atoms. The molecular weight excluding hydrogens is 204 g/mol. The summed E-state index contributed by atoms with van der Waals surface area (Å²) in [4.78, 5) is 6.33. The number of likely N-dealkylation sites (N-methyl/N-ethyl adjacent to an activating group) is 1. The second-order valence-electron chi connectivity index (χ2n) is 3.59. The van der Waals surface area contributed by atoms with Crippen LogP contribution in [0.2, 0.25) is 0 Å². The lowest BCUT2D eigenvalue weighted by Crippen LogP contribution is -2.42. The largest absolute Gasteiger partial charge is 0.409 e. The van der Waals surface area contributed by atoms with Crippen molar-refractivity contribution in [3.05, 3.63) is 30.1 Å². The lowest BCUT2D eigenvalue weighted by Gasteiger charge is -2.26. The molecule has 0 radical (unpaired) electrons. The van der Waals surface area contributed by atoms with Crippen LogP contribution in [0, 0.1) is 0 Å². The fourth-order valence-corrected chi connectivity index (χ4v) is 1.49. The molecule has 0 aliphatic rings. The van der Waals surface area contributed by atoms with Gasteiger partial charge in [-0.25, -0.2) is 0 Å². The average Bonchev–Trinajstić information content (AvgIpc) is 2.35. The van der Waals surface area contributed by atoms with Crippen LogP contribution in [-0.2, 0) is 6.54 Å². The molecule has 0 aromatic carbocycles. The van der Waals surface area contributed by atoms with Crippen molar-refractivity contribution >= 4 is 5.84 Å². The molecule has 1 heterocycles. The van der Waals surface area contributed by atoms with Gasteiger partial charge in [0, 0.05) is 12.7 Å². The third-order valence-electron chi connectivity index (χ3n) is 2.59. The Morgan fingerprint density at radius 1 is 1.62 bits per heavy atom. The Morgan fingerprint density at radius 3 is 2.88 bits per heavy atom. The molecule has 1 atom stereocenters. The van der Waals surface area contributed by atoms with Crippen LogP contribution in [-0.4, -0.2) is 33.5 Å². The lowest BCUT2D eigenvalue weighted by atomic mass is 10.2. The second-order valence-corrected chi connectivity index (χ2v) is 3.59. The van der Waals surface area contributed by atoms with Crippen LogP contribution in [0.15, 0.2) is 29.6 Å². The monoisotopic (exact) mass is 222 g/mol. The molecule has 0 amide bonds. The Bertz CT molecular complexity index is 339. The van der Waals surface area contributed by atoms with Gasteiger partial charge in [-0.1, -0.05) is 18.1 Å². The maximum absolute atomic E-state index is 8.64. The fraction of sp³-hybridized carbons (Fsp3) is 0.455. The Labute approximate surface area is 95.6 Å². The summed E-state index contributed by atoms with van der Waals surface area (Å²) in [5, 5.41) is 11.7. The summed E-state index contributed by atoms with van der Waals surface area (Å²) in [5.74, 6) is 0.220. The quantitative estimate of drug-likeness (QED) is 0.338. The molecular formula is C11H18N4O. The first-order chi connectivity index (χ1) is 7.69. The fourth-order valence-electron chi connectivity index (χ4n) is 1.49. The molecule has 0 aliphatic heterocycles. The van der Waals surface area contributed by atoms with Crippen LogP contribution in [0.5, 0.6) is 0 Å². The number of hydrogen-bond donors (Lipinski definition) is 2. The molecule has 16 heavy (non-hydrogen) atoms. The van der Waals surface area contributed by atoms with E-state index in [0.717, 1.165) is 12.2 Å². The smallest absolute Gasteiger partial charge is 0.156 e. The van der Waals surface area contributed by atoms with Gasteiger partial charge < -0.3 is 10.9 Å². The highest BCUT2D eigenvalue weighted by atomic mass is 16.4. The average molecular weight is 222 g/mol. The maximum atomic E-state index is 8.64. The number of oxime groups is 1. The molecule has 0 fully saturated rings. The van der Waals surface area contributed by atoms with Crippen molar-refractivity contribution in [1.82, 2.24) is 9.88 Å². The highest BCUT2D eigenvalue weighted by Gasteiger charge is 2.16. The summed E-state index contributed by atoms with van der Waals surface area (Å²) in [6.07, 6.45) is 1.76. The summed E-state index contributed by atoms with van der Waals surface area (Å²) >= 11 is 0. The third kappa shape index (κ3) is 3.20. The summed E-state index contributed by atoms with van der Waals surface area (Å²) in [6.45, 7) is 5.44. The summed E-state index contributed by atoms with van der Waals surface area (Å²) < 4.78 is 0. The summed E-state index contributed by atoms with van der Waals surface area (Å²) in [5.41, 5.74) is 6.56. The molecule has 3 N–H and O–H groups in total. The van der Waals surface area contributed by atoms with Crippen LogP contribution in [0.4, 0.5) is 0 Å². The van der Waals surface area contributed by atoms with E-state index in [-0.39, 0.29) is 11.9 Å². The van der Waals surface area contributed by atoms with Gasteiger partial charge in [-0.15, -0.1) is 0 Å². The number of aromatic nitrogens is 1. The Kier molecular flexibility index (Phi) is 4.72. The molecule has 0 aliphatic carbocycles. The number of nitrogens with two attached hydrogens (primary N) is 1. The van der Waals surface area contributed by atoms with Gasteiger partial charge in [0.1, 0.15) is 0 Å². The number of pyridine rings is 1. The first-order valence-corrected chi connectivity index (χ1v) is 5.30. The Morgan fingerprint density at radius 2 is 2.38 bits per heavy atom. The van der Waals surface area contributed by atoms with Crippen molar-refractivity contribution in [3.8, 4) is 0 Å². The van der Waals surface area contributed by atoms with Gasteiger partial charge in [0.25, 0.3) is 0 Å². The zero-order valence-electron chi connectivity index (χ0n) is 9.67. The minimum Gasteiger partial charge on any atom is -0.409 e. The van der Waals surface area contributed by atoms with Crippen molar-refractivity contribution in [2.45, 2.75) is 26.4 Å². The van der Waals surface area contributed by atoms with Crippen molar-refractivity contribution in [1.29, 1.82) is 0 Å². The molecule has 5 nitrogen and oxygen atoms in total. The number of rotatable bonds is 5. The summed E-state index contributed by atoms with van der Waals surface area (Å²) in [7, 11) is 0. The van der Waals surface area contributed by atoms with Gasteiger partial charge in [0.2, 0.25) is 0 Å². The topological polar surface area (TPSA) is 74.7 Å². The number of nitrogens with zero attached hydrogens (tertiary/aromatic N) is 3. The molecule has 88 valence electrons. The van der Waals surface area contributed by atoms with E-state index in [0.29, 0.717) is 6.54 Å². The molecule has 1 aromatic rings. The molecule has 0 saturated carbocycles. The standard InChI is InChI=1S/C11H18N4O/c1-3-15(9(2)11(12)14-16)8-10-6-4-5-7-13-10/h4-7,9,16H,3,8H2,1-2H3,(H2,12,14). The number of amidine groups is 1. The van der Waals surface area contributed by atoms with Crippen LogP contribution in [0.25, 0.3) is 0 Å². The van der Waals surface area contributed by atoms with Gasteiger partial charge >= 0.3 is 0 Å². The molecule has 1 unspecified atom stereocenters. The lowest BCUT2D eigenvalue weighted by molar-refractivity contribution is 0.244. The van der Waals surface area contributed by atoms with Gasteiger partial charge in [-0.3, -0.25) is 9.88 Å². The maximum Gasteiger partial charge on any atom is 0.156 e.